The summed E-state index contributed by atoms with van der Waals surface area (Å²) >= 11 is 1.76. The first-order valence-electron chi connectivity index (χ1n) is 14.8. The van der Waals surface area contributed by atoms with E-state index in [1.165, 1.54) is 6.07 Å². The molecule has 3 heterocycles. The summed E-state index contributed by atoms with van der Waals surface area (Å²) in [4.78, 5) is 22.5. The predicted molar refractivity (Wildman–Crippen MR) is 160 cm³/mol. The highest BCUT2D eigenvalue weighted by Crippen LogP contribution is 2.33. The van der Waals surface area contributed by atoms with Gasteiger partial charge in [-0.05, 0) is 87.7 Å². The molecule has 1 aromatic heterocycles. The summed E-state index contributed by atoms with van der Waals surface area (Å²) in [6, 6.07) is 10.6. The van der Waals surface area contributed by atoms with Crippen molar-refractivity contribution < 1.29 is 18.6 Å². The number of piperidine rings is 1. The molecule has 3 aromatic rings. The number of fused-ring (bicyclic) bond motifs is 1. The zero-order valence-corrected chi connectivity index (χ0v) is 24.2. The van der Waals surface area contributed by atoms with Crippen LogP contribution in [0.1, 0.15) is 44.3 Å². The summed E-state index contributed by atoms with van der Waals surface area (Å²) in [5.74, 6) is 2.98. The first-order chi connectivity index (χ1) is 20.0. The zero-order valence-electron chi connectivity index (χ0n) is 23.4. The Balaban J connectivity index is 0.953. The Bertz CT molecular complexity index is 1370. The smallest absolute Gasteiger partial charge is 0.261 e. The number of anilines is 1. The van der Waals surface area contributed by atoms with Gasteiger partial charge in [-0.2, -0.15) is 11.8 Å². The number of halogens is 1. The molecule has 10 heteroatoms. The van der Waals surface area contributed by atoms with Crippen molar-refractivity contribution in [3.63, 3.8) is 0 Å². The summed E-state index contributed by atoms with van der Waals surface area (Å²) in [7, 11) is 0. The Morgan fingerprint density at radius 3 is 2.56 bits per heavy atom. The monoisotopic (exact) mass is 582 g/mol. The van der Waals surface area contributed by atoms with Crippen molar-refractivity contribution in [1.82, 2.24) is 14.9 Å². The van der Waals surface area contributed by atoms with Crippen molar-refractivity contribution in [3.8, 4) is 11.5 Å². The van der Waals surface area contributed by atoms with E-state index in [4.69, 9.17) is 19.9 Å². The molecule has 220 valence electrons. The molecule has 0 amide bonds. The highest BCUT2D eigenvalue weighted by Gasteiger charge is 2.33. The van der Waals surface area contributed by atoms with E-state index in [1.807, 2.05) is 24.3 Å². The molecule has 1 aliphatic carbocycles. The number of ether oxygens (including phenoxy) is 3. The van der Waals surface area contributed by atoms with Crippen molar-refractivity contribution in [2.45, 2.75) is 55.6 Å². The number of hydrogen-bond acceptors (Lipinski definition) is 8. The van der Waals surface area contributed by atoms with E-state index in [0.29, 0.717) is 52.6 Å². The molecule has 2 saturated heterocycles. The average molecular weight is 583 g/mol. The van der Waals surface area contributed by atoms with Crippen molar-refractivity contribution in [2.24, 2.45) is 11.8 Å². The molecule has 0 spiro atoms. The van der Waals surface area contributed by atoms with E-state index in [9.17, 15) is 9.18 Å². The third-order valence-corrected chi connectivity index (χ3v) is 9.87. The van der Waals surface area contributed by atoms with Gasteiger partial charge in [0, 0.05) is 42.8 Å². The number of H-pyrrole nitrogens is 1. The molecular formula is C31H39FN4O4S. The number of likely N-dealkylation sites (tertiary alicyclic amines) is 1. The molecule has 3 fully saturated rings. The van der Waals surface area contributed by atoms with E-state index in [1.54, 1.807) is 17.8 Å². The molecule has 0 radical (unpaired) electrons. The van der Waals surface area contributed by atoms with Crippen LogP contribution in [0, 0.1) is 17.7 Å². The fourth-order valence-electron chi connectivity index (χ4n) is 6.01. The molecule has 2 aliphatic heterocycles. The minimum absolute atomic E-state index is 0.0115. The van der Waals surface area contributed by atoms with Crippen molar-refractivity contribution >= 4 is 28.4 Å². The maximum atomic E-state index is 14.9. The second-order valence-corrected chi connectivity index (χ2v) is 12.9. The number of rotatable bonds is 10. The van der Waals surface area contributed by atoms with Gasteiger partial charge in [0.05, 0.1) is 24.0 Å². The van der Waals surface area contributed by atoms with Crippen LogP contribution in [0.5, 0.6) is 11.5 Å². The Labute approximate surface area is 244 Å². The fourth-order valence-corrected chi connectivity index (χ4v) is 7.07. The lowest BCUT2D eigenvalue weighted by Gasteiger charge is -2.40. The molecule has 8 nitrogen and oxygen atoms in total. The van der Waals surface area contributed by atoms with Gasteiger partial charge in [0.2, 0.25) is 0 Å². The quantitative estimate of drug-likeness (QED) is 0.322. The molecule has 3 aliphatic rings. The Morgan fingerprint density at radius 1 is 1.05 bits per heavy atom. The lowest BCUT2D eigenvalue weighted by atomic mass is 9.81. The van der Waals surface area contributed by atoms with E-state index in [0.717, 1.165) is 82.8 Å². The second kappa shape index (κ2) is 13.0. The van der Waals surface area contributed by atoms with Crippen molar-refractivity contribution in [3.05, 3.63) is 58.4 Å². The van der Waals surface area contributed by atoms with Gasteiger partial charge in [-0.3, -0.25) is 4.79 Å². The number of nitrogen functional groups attached to an aromatic ring is 1. The Kier molecular flexibility index (Phi) is 8.98. The highest BCUT2D eigenvalue weighted by molar-refractivity contribution is 7.99. The minimum atomic E-state index is -0.594. The topological polar surface area (TPSA) is 103 Å². The number of aromatic amines is 1. The molecule has 41 heavy (non-hydrogen) atoms. The molecule has 2 aromatic carbocycles. The van der Waals surface area contributed by atoms with Gasteiger partial charge in [0.25, 0.3) is 5.56 Å². The van der Waals surface area contributed by atoms with Gasteiger partial charge >= 0.3 is 0 Å². The molecule has 0 atom stereocenters. The van der Waals surface area contributed by atoms with Crippen molar-refractivity contribution in [2.75, 3.05) is 45.2 Å². The summed E-state index contributed by atoms with van der Waals surface area (Å²) < 4.78 is 32.4. The predicted octanol–water partition coefficient (Wildman–Crippen LogP) is 5.01. The maximum Gasteiger partial charge on any atom is 0.261 e. The molecule has 6 rings (SSSR count). The Morgan fingerprint density at radius 2 is 1.80 bits per heavy atom. The SMILES string of the molecule is Nc1ccc(OC2CC(CN3CCC(COc4cc(F)c5c(=O)[nH]c(CSC6CCOCC6)nc5c4)CC3)C2)cc1. The van der Waals surface area contributed by atoms with Crippen LogP contribution in [0.4, 0.5) is 10.1 Å². The summed E-state index contributed by atoms with van der Waals surface area (Å²) in [6.45, 7) is 5.28. The fraction of sp³-hybridized carbons (Fsp3) is 0.548. The highest BCUT2D eigenvalue weighted by atomic mass is 32.2. The van der Waals surface area contributed by atoms with Gasteiger partial charge < -0.3 is 29.8 Å². The van der Waals surface area contributed by atoms with Crippen LogP contribution < -0.4 is 20.8 Å². The number of nitrogens with one attached hydrogen (secondary N) is 1. The largest absolute Gasteiger partial charge is 0.493 e. The number of nitrogens with zero attached hydrogens (tertiary/aromatic N) is 2. The van der Waals surface area contributed by atoms with Crippen LogP contribution >= 0.6 is 11.8 Å². The normalized spacial score (nSPS) is 22.5. The van der Waals surface area contributed by atoms with E-state index in [2.05, 4.69) is 14.9 Å². The molecule has 3 N–H and O–H groups in total. The van der Waals surface area contributed by atoms with Crippen LogP contribution in [0.3, 0.4) is 0 Å². The average Bonchev–Trinajstić information content (AvgIpc) is 2.96. The van der Waals surface area contributed by atoms with E-state index in [-0.39, 0.29) is 5.39 Å². The number of benzene rings is 2. The van der Waals surface area contributed by atoms with Gasteiger partial charge in [0.15, 0.2) is 0 Å². The van der Waals surface area contributed by atoms with Crippen LogP contribution in [0.2, 0.25) is 0 Å². The zero-order chi connectivity index (χ0) is 28.2. The summed E-state index contributed by atoms with van der Waals surface area (Å²) in [5, 5.41) is 0.477. The van der Waals surface area contributed by atoms with E-state index >= 15 is 0 Å². The van der Waals surface area contributed by atoms with Crippen LogP contribution in [0.15, 0.2) is 41.2 Å². The first-order valence-corrected chi connectivity index (χ1v) is 15.8. The van der Waals surface area contributed by atoms with Gasteiger partial charge in [0.1, 0.15) is 28.5 Å². The second-order valence-electron chi connectivity index (χ2n) is 11.6. The van der Waals surface area contributed by atoms with E-state index < -0.39 is 11.4 Å². The van der Waals surface area contributed by atoms with Gasteiger partial charge in [-0.25, -0.2) is 9.37 Å². The number of nitrogens with two attached hydrogens (primary N) is 1. The third kappa shape index (κ3) is 7.34. The summed E-state index contributed by atoms with van der Waals surface area (Å²) in [5.41, 5.74) is 6.41. The lowest BCUT2D eigenvalue weighted by molar-refractivity contribution is 0.0328. The minimum Gasteiger partial charge on any atom is -0.493 e. The maximum absolute atomic E-state index is 14.9. The van der Waals surface area contributed by atoms with Crippen molar-refractivity contribution in [1.29, 1.82) is 0 Å². The summed E-state index contributed by atoms with van der Waals surface area (Å²) in [6.07, 6.45) is 6.58. The number of thioether (sulfide) groups is 1. The van der Waals surface area contributed by atoms with Crippen LogP contribution in [-0.2, 0) is 10.5 Å². The molecule has 0 bridgehead atoms. The van der Waals surface area contributed by atoms with Crippen LogP contribution in [-0.4, -0.2) is 65.7 Å². The van der Waals surface area contributed by atoms with Crippen LogP contribution in [0.25, 0.3) is 10.9 Å². The molecular weight excluding hydrogens is 543 g/mol. The first kappa shape index (κ1) is 28.3. The third-order valence-electron chi connectivity index (χ3n) is 8.49. The number of aromatic nitrogens is 2. The molecule has 0 unspecified atom stereocenters. The van der Waals surface area contributed by atoms with Gasteiger partial charge in [-0.15, -0.1) is 0 Å². The lowest BCUT2D eigenvalue weighted by Crippen LogP contribution is -2.44. The standard InChI is InChI=1S/C31H39FN4O4S/c32-27-15-24(16-28-30(27)31(37)35-29(34-28)19-41-26-7-11-38-12-8-26)39-18-20-5-9-36(10-6-20)17-21-13-25(14-21)40-23-3-1-22(33)2-4-23/h1-4,15-16,20-21,25-26H,5-14,17-19,33H2,(H,34,35,37). The molecule has 1 saturated carbocycles. The Hall–Kier alpha value is -2.82. The van der Waals surface area contributed by atoms with Gasteiger partial charge in [-0.1, -0.05) is 0 Å². The number of hydrogen-bond donors (Lipinski definition) is 2.